The summed E-state index contributed by atoms with van der Waals surface area (Å²) in [6.45, 7) is 5.67. The van der Waals surface area contributed by atoms with E-state index in [2.05, 4.69) is 18.7 Å². The van der Waals surface area contributed by atoms with Crippen LogP contribution in [0.15, 0.2) is 12.1 Å². The van der Waals surface area contributed by atoms with Crippen molar-refractivity contribution < 1.29 is 29.2 Å². The summed E-state index contributed by atoms with van der Waals surface area (Å²) in [5.41, 5.74) is 0.387. The van der Waals surface area contributed by atoms with Gasteiger partial charge in [-0.25, -0.2) is 0 Å². The van der Waals surface area contributed by atoms with Crippen LogP contribution in [0.5, 0.6) is 0 Å². The fourth-order valence-corrected chi connectivity index (χ4v) is 3.69. The van der Waals surface area contributed by atoms with Crippen LogP contribution in [0, 0.1) is 23.0 Å². The van der Waals surface area contributed by atoms with E-state index in [1.807, 2.05) is 0 Å². The fourth-order valence-electron chi connectivity index (χ4n) is 3.27. The summed E-state index contributed by atoms with van der Waals surface area (Å²) in [5, 5.41) is 0. The Hall–Kier alpha value is -0.116. The molecule has 1 fully saturated rings. The molecule has 23 heavy (non-hydrogen) atoms. The van der Waals surface area contributed by atoms with Crippen LogP contribution in [0.3, 0.4) is 0 Å². The molecule has 0 aromatic heterocycles. The molecule has 1 aromatic carbocycles. The van der Waals surface area contributed by atoms with E-state index in [9.17, 15) is 8.78 Å². The third-order valence-corrected chi connectivity index (χ3v) is 6.03. The second-order valence-corrected chi connectivity index (χ2v) is 8.49. The molecular weight excluding hydrogens is 352 g/mol. The number of hydrogen-bond acceptors (Lipinski definition) is 1. The van der Waals surface area contributed by atoms with Gasteiger partial charge in [0.25, 0.3) is 0 Å². The first kappa shape index (κ1) is 19.2. The van der Waals surface area contributed by atoms with Gasteiger partial charge in [-0.15, -0.1) is 0 Å². The van der Waals surface area contributed by atoms with Crippen molar-refractivity contribution in [3.8, 4) is 0 Å². The topological polar surface area (TPSA) is 3.24 Å². The predicted molar refractivity (Wildman–Crippen MR) is 89.3 cm³/mol. The predicted octanol–water partition coefficient (Wildman–Crippen LogP) is 4.79. The molecule has 0 amide bonds. The molecule has 1 aromatic rings. The fraction of sp³-hybridized carbons (Fsp3) is 0.667. The van der Waals surface area contributed by atoms with Crippen LogP contribution in [0.25, 0.3) is 0 Å². The maximum absolute atomic E-state index is 14.6. The minimum atomic E-state index is -0.486. The van der Waals surface area contributed by atoms with Crippen molar-refractivity contribution in [3.05, 3.63) is 23.8 Å². The van der Waals surface area contributed by atoms with Gasteiger partial charge >= 0.3 is 155 Å². The molecule has 0 radical (unpaired) electrons. The average molecular weight is 377 g/mol. The van der Waals surface area contributed by atoms with E-state index in [0.29, 0.717) is 24.0 Å². The van der Waals surface area contributed by atoms with Gasteiger partial charge in [0.05, 0.1) is 0 Å². The van der Waals surface area contributed by atoms with Crippen molar-refractivity contribution in [3.63, 3.8) is 0 Å². The molecule has 5 heteroatoms. The molecule has 0 unspecified atom stereocenters. The maximum atomic E-state index is 14.6. The van der Waals surface area contributed by atoms with Gasteiger partial charge in [0.2, 0.25) is 0 Å². The van der Waals surface area contributed by atoms with Crippen molar-refractivity contribution in [2.24, 2.45) is 11.3 Å². The first-order chi connectivity index (χ1) is 10.8. The van der Waals surface area contributed by atoms with Gasteiger partial charge in [-0.1, -0.05) is 0 Å². The van der Waals surface area contributed by atoms with Crippen LogP contribution in [0.1, 0.15) is 46.0 Å². The van der Waals surface area contributed by atoms with Crippen molar-refractivity contribution in [1.29, 1.82) is 0 Å². The van der Waals surface area contributed by atoms with Gasteiger partial charge in [0.15, 0.2) is 0 Å². The zero-order valence-electron chi connectivity index (χ0n) is 14.0. The molecule has 0 heterocycles. The van der Waals surface area contributed by atoms with E-state index < -0.39 is 11.6 Å². The number of rotatable bonds is 6. The summed E-state index contributed by atoms with van der Waals surface area (Å²) >= 11 is 7.58. The first-order valence-electron chi connectivity index (χ1n) is 8.34. The number of benzene rings is 1. The Kier molecular flexibility index (Phi) is 6.94. The second kappa shape index (κ2) is 8.31. The Balaban J connectivity index is 2.26. The van der Waals surface area contributed by atoms with Gasteiger partial charge < -0.3 is 0 Å². The van der Waals surface area contributed by atoms with Crippen molar-refractivity contribution in [2.45, 2.75) is 46.0 Å². The van der Waals surface area contributed by atoms with Gasteiger partial charge in [0, 0.05) is 0 Å². The second-order valence-electron chi connectivity index (χ2n) is 7.44. The molecule has 0 aliphatic heterocycles. The summed E-state index contributed by atoms with van der Waals surface area (Å²) in [7, 11) is 0. The van der Waals surface area contributed by atoms with E-state index in [-0.39, 0.29) is 9.28 Å². The van der Waals surface area contributed by atoms with E-state index in [1.54, 1.807) is 6.07 Å². The molecule has 0 N–H and O–H groups in total. The van der Waals surface area contributed by atoms with Gasteiger partial charge in [-0.2, -0.15) is 0 Å². The summed E-state index contributed by atoms with van der Waals surface area (Å²) in [5.74, 6) is 0.168. The first-order valence-corrected chi connectivity index (χ1v) is 9.66. The molecule has 0 spiro atoms. The van der Waals surface area contributed by atoms with Crippen molar-refractivity contribution in [2.75, 3.05) is 23.9 Å². The van der Waals surface area contributed by atoms with Gasteiger partial charge in [-0.3, -0.25) is 0 Å². The molecule has 127 valence electrons. The number of hydrogen-bond donors (Lipinski definition) is 0. The zero-order valence-corrected chi connectivity index (χ0v) is 16.3. The van der Waals surface area contributed by atoms with Crippen molar-refractivity contribution >= 4 is 21.2 Å². The van der Waals surface area contributed by atoms with Crippen LogP contribution in [-0.2, 0) is 20.4 Å². The summed E-state index contributed by atoms with van der Waals surface area (Å²) in [4.78, 5) is 2.08. The normalized spacial score (nSPS) is 16.5. The molecule has 0 saturated heterocycles. The Morgan fingerprint density at radius 2 is 1.87 bits per heavy atom. The summed E-state index contributed by atoms with van der Waals surface area (Å²) in [6, 6.07) is 2.94. The van der Waals surface area contributed by atoms with Gasteiger partial charge in [0.1, 0.15) is 0 Å². The summed E-state index contributed by atoms with van der Waals surface area (Å²) < 4.78 is 28.3. The molecule has 1 aliphatic carbocycles. The molecule has 0 bridgehead atoms. The summed E-state index contributed by atoms with van der Waals surface area (Å²) in [6.07, 6.45) is 6.19. The van der Waals surface area contributed by atoms with Crippen LogP contribution < -0.4 is 8.77 Å². The van der Waals surface area contributed by atoms with Crippen molar-refractivity contribution in [1.82, 2.24) is 0 Å². The van der Waals surface area contributed by atoms with Crippen LogP contribution in [-0.4, -0.2) is 19.0 Å². The molecule has 1 saturated carbocycles. The van der Waals surface area contributed by atoms with E-state index in [1.165, 1.54) is 58.6 Å². The Morgan fingerprint density at radius 3 is 2.48 bits per heavy atom. The zero-order chi connectivity index (χ0) is 17.0. The Bertz CT molecular complexity index is 530. The Labute approximate surface area is 155 Å². The van der Waals surface area contributed by atoms with Gasteiger partial charge in [-0.05, 0) is 0 Å². The standard InChI is InChI=1S/C18H25ClF2N.Ti/c1-18(2,12-19)13-22(11-14-6-4-3-5-7-14)17-9-8-15(20)10-16(17)21;/h8-9,14H,3-7,11-13H2,1-2H3;. The van der Waals surface area contributed by atoms with Crippen LogP contribution in [0.2, 0.25) is 0 Å². The van der Waals surface area contributed by atoms with E-state index in [4.69, 9.17) is 11.6 Å². The molecular formula is C18H25ClF2NTi. The van der Waals surface area contributed by atoms with Crippen LogP contribution in [0.4, 0.5) is 14.5 Å². The van der Waals surface area contributed by atoms with E-state index in [0.717, 1.165) is 6.54 Å². The average Bonchev–Trinajstić information content (AvgIpc) is 2.53. The molecule has 2 rings (SSSR count). The van der Waals surface area contributed by atoms with E-state index >= 15 is 0 Å². The minimum absolute atomic E-state index is 0.0971. The molecule has 0 atom stereocenters. The third-order valence-electron chi connectivity index (χ3n) is 4.60. The van der Waals surface area contributed by atoms with Crippen LogP contribution >= 0.6 is 11.6 Å². The SMILES string of the molecule is CC(C)(CCl)CN(CC1CCCCC1)c1ccc(F)[c]([Ti])c1F. The number of alkyl halides is 1. The number of halogens is 3. The number of nitrogens with zero attached hydrogens (tertiary/aromatic N) is 1. The third kappa shape index (κ3) is 5.18. The Morgan fingerprint density at radius 1 is 1.22 bits per heavy atom. The molecule has 1 aliphatic rings. The quantitative estimate of drug-likeness (QED) is 0.510. The molecule has 1 nitrogen and oxygen atoms in total. The number of anilines is 1. The monoisotopic (exact) mass is 376 g/mol.